The van der Waals surface area contributed by atoms with Gasteiger partial charge in [0.05, 0.1) is 0 Å². The van der Waals surface area contributed by atoms with Gasteiger partial charge in [0.2, 0.25) is 0 Å². The molecule has 0 aromatic carbocycles. The van der Waals surface area contributed by atoms with Crippen LogP contribution < -0.4 is 5.32 Å². The lowest BCUT2D eigenvalue weighted by atomic mass is 10.0. The zero-order valence-electron chi connectivity index (χ0n) is 6.51. The molecule has 66 valence electrons. The van der Waals surface area contributed by atoms with Crippen LogP contribution in [0.5, 0.6) is 0 Å². The minimum Gasteiger partial charge on any atom is -0.312 e. The minimum absolute atomic E-state index is 0. The SMILES string of the molecule is Cl.Clc1nccc2c1CCNC2. The van der Waals surface area contributed by atoms with Crippen molar-refractivity contribution in [1.82, 2.24) is 10.3 Å². The van der Waals surface area contributed by atoms with Crippen molar-refractivity contribution in [2.24, 2.45) is 0 Å². The van der Waals surface area contributed by atoms with E-state index in [1.54, 1.807) is 6.20 Å². The van der Waals surface area contributed by atoms with Gasteiger partial charge in [0.25, 0.3) is 0 Å². The number of hydrogen-bond acceptors (Lipinski definition) is 2. The molecule has 2 rings (SSSR count). The minimum atomic E-state index is 0. The highest BCUT2D eigenvalue weighted by atomic mass is 35.5. The Balaban J connectivity index is 0.000000720. The van der Waals surface area contributed by atoms with Crippen LogP contribution in [0, 0.1) is 0 Å². The molecule has 1 N–H and O–H groups in total. The van der Waals surface area contributed by atoms with Gasteiger partial charge in [-0.2, -0.15) is 0 Å². The van der Waals surface area contributed by atoms with Crippen LogP contribution in [0.3, 0.4) is 0 Å². The van der Waals surface area contributed by atoms with Crippen molar-refractivity contribution in [3.05, 3.63) is 28.5 Å². The second-order valence-electron chi connectivity index (χ2n) is 2.67. The monoisotopic (exact) mass is 204 g/mol. The molecule has 1 aliphatic rings. The van der Waals surface area contributed by atoms with Crippen LogP contribution >= 0.6 is 24.0 Å². The van der Waals surface area contributed by atoms with Gasteiger partial charge in [0, 0.05) is 12.7 Å². The van der Waals surface area contributed by atoms with Crippen molar-refractivity contribution in [1.29, 1.82) is 0 Å². The van der Waals surface area contributed by atoms with Gasteiger partial charge in [-0.15, -0.1) is 12.4 Å². The molecule has 12 heavy (non-hydrogen) atoms. The normalized spacial score (nSPS) is 14.8. The van der Waals surface area contributed by atoms with E-state index in [0.717, 1.165) is 19.5 Å². The first-order valence-corrected chi connectivity index (χ1v) is 4.08. The maximum atomic E-state index is 5.90. The van der Waals surface area contributed by atoms with E-state index < -0.39 is 0 Å². The largest absolute Gasteiger partial charge is 0.312 e. The summed E-state index contributed by atoms with van der Waals surface area (Å²) in [6, 6.07) is 2.02. The Kier molecular flexibility index (Phi) is 3.32. The number of hydrogen-bond donors (Lipinski definition) is 1. The van der Waals surface area contributed by atoms with Crippen molar-refractivity contribution in [2.45, 2.75) is 13.0 Å². The molecule has 0 saturated carbocycles. The van der Waals surface area contributed by atoms with Gasteiger partial charge < -0.3 is 5.32 Å². The molecule has 0 saturated heterocycles. The van der Waals surface area contributed by atoms with Crippen LogP contribution in [0.2, 0.25) is 5.15 Å². The van der Waals surface area contributed by atoms with Gasteiger partial charge in [0.1, 0.15) is 5.15 Å². The van der Waals surface area contributed by atoms with Crippen molar-refractivity contribution in [3.8, 4) is 0 Å². The second kappa shape index (κ2) is 4.08. The molecule has 0 radical (unpaired) electrons. The zero-order valence-corrected chi connectivity index (χ0v) is 8.08. The summed E-state index contributed by atoms with van der Waals surface area (Å²) in [7, 11) is 0. The summed E-state index contributed by atoms with van der Waals surface area (Å²) in [6.45, 7) is 1.94. The third kappa shape index (κ3) is 1.71. The van der Waals surface area contributed by atoms with E-state index in [1.807, 2.05) is 6.07 Å². The fourth-order valence-corrected chi connectivity index (χ4v) is 1.64. The van der Waals surface area contributed by atoms with Gasteiger partial charge in [-0.1, -0.05) is 11.6 Å². The standard InChI is InChI=1S/C8H9ClN2.ClH/c9-8-7-2-3-10-5-6(7)1-4-11-8;/h1,4,10H,2-3,5H2;1H. The summed E-state index contributed by atoms with van der Waals surface area (Å²) in [5.74, 6) is 0. The Labute approximate surface area is 82.7 Å². The van der Waals surface area contributed by atoms with Gasteiger partial charge >= 0.3 is 0 Å². The van der Waals surface area contributed by atoms with E-state index in [1.165, 1.54) is 11.1 Å². The summed E-state index contributed by atoms with van der Waals surface area (Å²) < 4.78 is 0. The summed E-state index contributed by atoms with van der Waals surface area (Å²) in [6.07, 6.45) is 2.76. The Morgan fingerprint density at radius 2 is 2.33 bits per heavy atom. The molecule has 0 amide bonds. The van der Waals surface area contributed by atoms with Crippen LogP contribution in [0.4, 0.5) is 0 Å². The molecule has 0 aliphatic carbocycles. The molecule has 4 heteroatoms. The Bertz CT molecular complexity index is 276. The fraction of sp³-hybridized carbons (Fsp3) is 0.375. The average Bonchev–Trinajstić information content (AvgIpc) is 2.06. The third-order valence-corrected chi connectivity index (χ3v) is 2.29. The Morgan fingerprint density at radius 1 is 1.50 bits per heavy atom. The van der Waals surface area contributed by atoms with Crippen LogP contribution in [-0.4, -0.2) is 11.5 Å². The summed E-state index contributed by atoms with van der Waals surface area (Å²) in [4.78, 5) is 4.03. The lowest BCUT2D eigenvalue weighted by Crippen LogP contribution is -2.23. The maximum absolute atomic E-state index is 5.90. The molecule has 0 bridgehead atoms. The van der Waals surface area contributed by atoms with E-state index in [2.05, 4.69) is 10.3 Å². The number of nitrogens with zero attached hydrogens (tertiary/aromatic N) is 1. The summed E-state index contributed by atoms with van der Waals surface area (Å²) in [5.41, 5.74) is 2.50. The van der Waals surface area contributed by atoms with Gasteiger partial charge in [-0.05, 0) is 30.2 Å². The van der Waals surface area contributed by atoms with Crippen molar-refractivity contribution in [3.63, 3.8) is 0 Å². The number of nitrogens with one attached hydrogen (secondary N) is 1. The number of pyridine rings is 1. The van der Waals surface area contributed by atoms with Crippen molar-refractivity contribution >= 4 is 24.0 Å². The van der Waals surface area contributed by atoms with Gasteiger partial charge in [0.15, 0.2) is 0 Å². The highest BCUT2D eigenvalue weighted by Gasteiger charge is 2.11. The third-order valence-electron chi connectivity index (χ3n) is 1.97. The van der Waals surface area contributed by atoms with Crippen molar-refractivity contribution in [2.75, 3.05) is 6.54 Å². The molecule has 2 heterocycles. The molecule has 0 atom stereocenters. The Hall–Kier alpha value is -0.310. The average molecular weight is 205 g/mol. The molecule has 1 aliphatic heterocycles. The van der Waals surface area contributed by atoms with Crippen LogP contribution in [0.25, 0.3) is 0 Å². The van der Waals surface area contributed by atoms with E-state index in [9.17, 15) is 0 Å². The highest BCUT2D eigenvalue weighted by molar-refractivity contribution is 6.30. The van der Waals surface area contributed by atoms with E-state index in [-0.39, 0.29) is 12.4 Å². The van der Waals surface area contributed by atoms with Gasteiger partial charge in [-0.3, -0.25) is 0 Å². The quantitative estimate of drug-likeness (QED) is 0.653. The maximum Gasteiger partial charge on any atom is 0.132 e. The first-order chi connectivity index (χ1) is 5.38. The first kappa shape index (κ1) is 9.78. The second-order valence-corrected chi connectivity index (χ2v) is 3.02. The lowest BCUT2D eigenvalue weighted by molar-refractivity contribution is 0.641. The topological polar surface area (TPSA) is 24.9 Å². The van der Waals surface area contributed by atoms with Crippen LogP contribution in [-0.2, 0) is 13.0 Å². The van der Waals surface area contributed by atoms with Crippen LogP contribution in [0.15, 0.2) is 12.3 Å². The van der Waals surface area contributed by atoms with E-state index in [0.29, 0.717) is 5.15 Å². The molecule has 1 aromatic rings. The number of rotatable bonds is 0. The smallest absolute Gasteiger partial charge is 0.132 e. The molecule has 2 nitrogen and oxygen atoms in total. The predicted octanol–water partition coefficient (Wildman–Crippen LogP) is 1.80. The highest BCUT2D eigenvalue weighted by Crippen LogP contribution is 2.19. The number of fused-ring (bicyclic) bond motifs is 1. The molecule has 0 spiro atoms. The van der Waals surface area contributed by atoms with E-state index >= 15 is 0 Å². The lowest BCUT2D eigenvalue weighted by Gasteiger charge is -2.16. The van der Waals surface area contributed by atoms with E-state index in [4.69, 9.17) is 11.6 Å². The fourth-order valence-electron chi connectivity index (χ4n) is 1.37. The molecule has 0 fully saturated rings. The molecule has 1 aromatic heterocycles. The molecular formula is C8H10Cl2N2. The summed E-state index contributed by atoms with van der Waals surface area (Å²) >= 11 is 5.90. The zero-order chi connectivity index (χ0) is 7.68. The number of aromatic nitrogens is 1. The Morgan fingerprint density at radius 3 is 3.08 bits per heavy atom. The van der Waals surface area contributed by atoms with Crippen LogP contribution in [0.1, 0.15) is 11.1 Å². The first-order valence-electron chi connectivity index (χ1n) is 3.71. The number of halogens is 2. The molecule has 0 unspecified atom stereocenters. The van der Waals surface area contributed by atoms with Gasteiger partial charge in [-0.25, -0.2) is 4.98 Å². The van der Waals surface area contributed by atoms with Crippen molar-refractivity contribution < 1.29 is 0 Å². The molecular weight excluding hydrogens is 195 g/mol. The predicted molar refractivity (Wildman–Crippen MR) is 51.9 cm³/mol. The summed E-state index contributed by atoms with van der Waals surface area (Å²) in [5, 5.41) is 3.95.